The Morgan fingerprint density at radius 2 is 2.35 bits per heavy atom. The molecule has 0 fully saturated rings. The van der Waals surface area contributed by atoms with Crippen LogP contribution < -0.4 is 11.1 Å². The summed E-state index contributed by atoms with van der Waals surface area (Å²) in [5.74, 6) is -0.348. The first-order chi connectivity index (χ1) is 8.22. The molecule has 0 saturated heterocycles. The fourth-order valence-electron chi connectivity index (χ4n) is 2.41. The summed E-state index contributed by atoms with van der Waals surface area (Å²) in [6.07, 6.45) is 4.06. The number of fused-ring (bicyclic) bond motifs is 1. The van der Waals surface area contributed by atoms with Gasteiger partial charge in [0.05, 0.1) is 5.92 Å². The summed E-state index contributed by atoms with van der Waals surface area (Å²) >= 11 is 0. The smallest absolute Gasteiger partial charge is 0.224 e. The number of carbonyl (C=O) groups is 1. The van der Waals surface area contributed by atoms with Gasteiger partial charge in [-0.2, -0.15) is 0 Å². The Labute approximate surface area is 102 Å². The third-order valence-corrected chi connectivity index (χ3v) is 3.44. The third-order valence-electron chi connectivity index (χ3n) is 3.44. The molecule has 3 N–H and O–H groups in total. The predicted octanol–water partition coefficient (Wildman–Crippen LogP) is 2.41. The molecule has 1 aromatic carbocycles. The average molecular weight is 232 g/mol. The Morgan fingerprint density at radius 1 is 1.53 bits per heavy atom. The van der Waals surface area contributed by atoms with Crippen LogP contribution in [0.15, 0.2) is 18.2 Å². The Bertz CT molecular complexity index is 415. The van der Waals surface area contributed by atoms with Gasteiger partial charge in [-0.25, -0.2) is 0 Å². The van der Waals surface area contributed by atoms with E-state index in [1.807, 2.05) is 0 Å². The average Bonchev–Trinajstić information content (AvgIpc) is 2.76. The molecule has 0 aliphatic carbocycles. The minimum atomic E-state index is -0.212. The van der Waals surface area contributed by atoms with Gasteiger partial charge in [0.15, 0.2) is 0 Å². The van der Waals surface area contributed by atoms with Crippen LogP contribution in [0.5, 0.6) is 0 Å². The lowest BCUT2D eigenvalue weighted by Gasteiger charge is -2.14. The van der Waals surface area contributed by atoms with E-state index in [-0.39, 0.29) is 11.8 Å². The fourth-order valence-corrected chi connectivity index (χ4v) is 2.41. The van der Waals surface area contributed by atoms with Gasteiger partial charge in [-0.05, 0) is 30.0 Å². The number of nitrogens with two attached hydrogens (primary N) is 1. The van der Waals surface area contributed by atoms with E-state index in [2.05, 4.69) is 30.4 Å². The molecule has 1 aromatic rings. The standard InChI is InChI=1S/C14H20N2O/c1-2-3-4-12(14(15)17)11-6-5-10-7-8-16-13(10)9-11/h5-6,9,12,16H,2-4,7-8H2,1H3,(H2,15,17). The first kappa shape index (κ1) is 12.0. The Morgan fingerprint density at radius 3 is 3.06 bits per heavy atom. The number of benzene rings is 1. The normalized spacial score (nSPS) is 15.1. The molecule has 1 aliphatic rings. The molecule has 1 aliphatic heterocycles. The van der Waals surface area contributed by atoms with Crippen LogP contribution in [0.3, 0.4) is 0 Å². The minimum absolute atomic E-state index is 0.136. The maximum absolute atomic E-state index is 11.5. The van der Waals surface area contributed by atoms with Crippen molar-refractivity contribution < 1.29 is 4.79 Å². The van der Waals surface area contributed by atoms with Gasteiger partial charge in [0.2, 0.25) is 5.91 Å². The number of nitrogens with one attached hydrogen (secondary N) is 1. The van der Waals surface area contributed by atoms with Crippen molar-refractivity contribution in [1.29, 1.82) is 0 Å². The lowest BCUT2D eigenvalue weighted by Crippen LogP contribution is -2.21. The molecule has 3 heteroatoms. The minimum Gasteiger partial charge on any atom is -0.384 e. The van der Waals surface area contributed by atoms with Crippen molar-refractivity contribution in [3.63, 3.8) is 0 Å². The molecule has 0 saturated carbocycles. The van der Waals surface area contributed by atoms with E-state index < -0.39 is 0 Å². The SMILES string of the molecule is CCCCC(C(N)=O)c1ccc2c(c1)NCC2. The van der Waals surface area contributed by atoms with E-state index in [9.17, 15) is 4.79 Å². The van der Waals surface area contributed by atoms with E-state index in [0.717, 1.165) is 37.8 Å². The highest BCUT2D eigenvalue weighted by Gasteiger charge is 2.19. The van der Waals surface area contributed by atoms with E-state index in [1.165, 1.54) is 11.3 Å². The summed E-state index contributed by atoms with van der Waals surface area (Å²) in [5, 5.41) is 3.34. The molecule has 92 valence electrons. The molecule has 0 radical (unpaired) electrons. The van der Waals surface area contributed by atoms with E-state index in [0.29, 0.717) is 0 Å². The highest BCUT2D eigenvalue weighted by Crippen LogP contribution is 2.29. The lowest BCUT2D eigenvalue weighted by atomic mass is 9.92. The second-order valence-electron chi connectivity index (χ2n) is 4.69. The topological polar surface area (TPSA) is 55.1 Å². The van der Waals surface area contributed by atoms with Crippen LogP contribution in [-0.2, 0) is 11.2 Å². The Balaban J connectivity index is 2.20. The lowest BCUT2D eigenvalue weighted by molar-refractivity contribution is -0.119. The second-order valence-corrected chi connectivity index (χ2v) is 4.69. The number of carbonyl (C=O) groups excluding carboxylic acids is 1. The molecule has 2 rings (SSSR count). The van der Waals surface area contributed by atoms with Gasteiger partial charge >= 0.3 is 0 Å². The van der Waals surface area contributed by atoms with Crippen LogP contribution in [-0.4, -0.2) is 12.5 Å². The first-order valence-corrected chi connectivity index (χ1v) is 6.38. The number of amides is 1. The summed E-state index contributed by atoms with van der Waals surface area (Å²) in [5.41, 5.74) is 9.06. The van der Waals surface area contributed by atoms with Crippen LogP contribution in [0.4, 0.5) is 5.69 Å². The first-order valence-electron chi connectivity index (χ1n) is 6.38. The van der Waals surface area contributed by atoms with Gasteiger partial charge in [0.25, 0.3) is 0 Å². The van der Waals surface area contributed by atoms with Gasteiger partial charge < -0.3 is 11.1 Å². The summed E-state index contributed by atoms with van der Waals surface area (Å²) in [6, 6.07) is 6.26. The highest BCUT2D eigenvalue weighted by molar-refractivity contribution is 5.82. The summed E-state index contributed by atoms with van der Waals surface area (Å²) in [4.78, 5) is 11.5. The maximum Gasteiger partial charge on any atom is 0.224 e. The quantitative estimate of drug-likeness (QED) is 0.819. The van der Waals surface area contributed by atoms with E-state index in [1.54, 1.807) is 0 Å². The van der Waals surface area contributed by atoms with Gasteiger partial charge in [-0.1, -0.05) is 31.9 Å². The second kappa shape index (κ2) is 5.21. The molecule has 3 nitrogen and oxygen atoms in total. The van der Waals surface area contributed by atoms with Crippen LogP contribution in [0.25, 0.3) is 0 Å². The molecule has 1 amide bonds. The number of primary amides is 1. The van der Waals surface area contributed by atoms with Crippen LogP contribution in [0, 0.1) is 0 Å². The Kier molecular flexibility index (Phi) is 3.67. The van der Waals surface area contributed by atoms with Crippen molar-refractivity contribution in [2.24, 2.45) is 5.73 Å². The van der Waals surface area contributed by atoms with Crippen molar-refractivity contribution in [3.05, 3.63) is 29.3 Å². The summed E-state index contributed by atoms with van der Waals surface area (Å²) in [7, 11) is 0. The molecular weight excluding hydrogens is 212 g/mol. The maximum atomic E-state index is 11.5. The zero-order valence-electron chi connectivity index (χ0n) is 10.3. The van der Waals surface area contributed by atoms with Gasteiger partial charge in [0, 0.05) is 12.2 Å². The largest absolute Gasteiger partial charge is 0.384 e. The van der Waals surface area contributed by atoms with Gasteiger partial charge in [0.1, 0.15) is 0 Å². The van der Waals surface area contributed by atoms with E-state index in [4.69, 9.17) is 5.73 Å². The van der Waals surface area contributed by atoms with Gasteiger partial charge in [-0.3, -0.25) is 4.79 Å². The van der Waals surface area contributed by atoms with Crippen LogP contribution in [0.2, 0.25) is 0 Å². The molecule has 1 unspecified atom stereocenters. The van der Waals surface area contributed by atoms with Gasteiger partial charge in [-0.15, -0.1) is 0 Å². The van der Waals surface area contributed by atoms with Crippen molar-refractivity contribution in [1.82, 2.24) is 0 Å². The number of anilines is 1. The molecule has 0 spiro atoms. The van der Waals surface area contributed by atoms with Crippen molar-refractivity contribution in [2.75, 3.05) is 11.9 Å². The number of hydrogen-bond donors (Lipinski definition) is 2. The zero-order valence-corrected chi connectivity index (χ0v) is 10.3. The molecule has 0 bridgehead atoms. The van der Waals surface area contributed by atoms with Crippen LogP contribution in [0.1, 0.15) is 43.2 Å². The predicted molar refractivity (Wildman–Crippen MR) is 70.1 cm³/mol. The number of rotatable bonds is 5. The third kappa shape index (κ3) is 2.60. The summed E-state index contributed by atoms with van der Waals surface area (Å²) in [6.45, 7) is 3.12. The Hall–Kier alpha value is -1.51. The summed E-state index contributed by atoms with van der Waals surface area (Å²) < 4.78 is 0. The zero-order chi connectivity index (χ0) is 12.3. The number of hydrogen-bond acceptors (Lipinski definition) is 2. The number of unbranched alkanes of at least 4 members (excludes halogenated alkanes) is 1. The van der Waals surface area contributed by atoms with Crippen molar-refractivity contribution in [3.8, 4) is 0 Å². The monoisotopic (exact) mass is 232 g/mol. The molecule has 17 heavy (non-hydrogen) atoms. The van der Waals surface area contributed by atoms with Crippen molar-refractivity contribution in [2.45, 2.75) is 38.5 Å². The fraction of sp³-hybridized carbons (Fsp3) is 0.500. The van der Waals surface area contributed by atoms with Crippen molar-refractivity contribution >= 4 is 11.6 Å². The molecular formula is C14H20N2O. The van der Waals surface area contributed by atoms with Crippen LogP contribution >= 0.6 is 0 Å². The highest BCUT2D eigenvalue weighted by atomic mass is 16.1. The van der Waals surface area contributed by atoms with E-state index >= 15 is 0 Å². The molecule has 1 heterocycles. The molecule has 1 atom stereocenters. The molecule has 0 aromatic heterocycles.